The van der Waals surface area contributed by atoms with Crippen LogP contribution in [0.3, 0.4) is 0 Å². The molecule has 0 aliphatic heterocycles. The van der Waals surface area contributed by atoms with Gasteiger partial charge in [0.1, 0.15) is 5.60 Å². The molecule has 5 nitrogen and oxygen atoms in total. The summed E-state index contributed by atoms with van der Waals surface area (Å²) < 4.78 is 5.43. The summed E-state index contributed by atoms with van der Waals surface area (Å²) in [6, 6.07) is 9.65. The highest BCUT2D eigenvalue weighted by Gasteiger charge is 2.23. The summed E-state index contributed by atoms with van der Waals surface area (Å²) >= 11 is 0. The van der Waals surface area contributed by atoms with Crippen molar-refractivity contribution in [3.8, 4) is 6.07 Å². The van der Waals surface area contributed by atoms with Gasteiger partial charge in [-0.1, -0.05) is 12.1 Å². The van der Waals surface area contributed by atoms with Crippen LogP contribution in [0.1, 0.15) is 45.7 Å². The highest BCUT2D eigenvalue weighted by atomic mass is 16.6. The van der Waals surface area contributed by atoms with Crippen molar-refractivity contribution in [2.45, 2.75) is 52.8 Å². The van der Waals surface area contributed by atoms with E-state index in [-0.39, 0.29) is 12.1 Å². The van der Waals surface area contributed by atoms with Crippen LogP contribution in [0.15, 0.2) is 24.3 Å². The average Bonchev–Trinajstić information content (AvgIpc) is 2.45. The van der Waals surface area contributed by atoms with Gasteiger partial charge in [0.2, 0.25) is 0 Å². The van der Waals surface area contributed by atoms with Crippen LogP contribution in [-0.4, -0.2) is 35.7 Å². The van der Waals surface area contributed by atoms with Crippen molar-refractivity contribution >= 4 is 6.09 Å². The number of carbonyl (C=O) groups excluding carboxylic acids is 1. The lowest BCUT2D eigenvalue weighted by Crippen LogP contribution is -2.44. The minimum atomic E-state index is -0.486. The highest BCUT2D eigenvalue weighted by molar-refractivity contribution is 5.68. The summed E-state index contributed by atoms with van der Waals surface area (Å²) in [6.45, 7) is 11.5. The van der Waals surface area contributed by atoms with Gasteiger partial charge in [-0.2, -0.15) is 5.26 Å². The maximum Gasteiger partial charge on any atom is 0.410 e. The lowest BCUT2D eigenvalue weighted by atomic mass is 10.1. The van der Waals surface area contributed by atoms with Gasteiger partial charge in [0, 0.05) is 25.7 Å². The van der Waals surface area contributed by atoms with E-state index in [2.05, 4.69) is 11.4 Å². The molecule has 1 aromatic carbocycles. The van der Waals surface area contributed by atoms with Gasteiger partial charge in [0.15, 0.2) is 0 Å². The van der Waals surface area contributed by atoms with Crippen molar-refractivity contribution in [2.24, 2.45) is 0 Å². The summed E-state index contributed by atoms with van der Waals surface area (Å²) in [7, 11) is 0. The zero-order valence-electron chi connectivity index (χ0n) is 14.7. The Balaban J connectivity index is 2.43. The largest absolute Gasteiger partial charge is 0.444 e. The van der Waals surface area contributed by atoms with E-state index in [1.54, 1.807) is 17.0 Å². The minimum Gasteiger partial charge on any atom is -0.444 e. The molecule has 0 heterocycles. The maximum absolute atomic E-state index is 12.2. The smallest absolute Gasteiger partial charge is 0.410 e. The first-order valence-electron chi connectivity index (χ1n) is 7.92. The van der Waals surface area contributed by atoms with E-state index in [1.165, 1.54) is 0 Å². The van der Waals surface area contributed by atoms with Crippen molar-refractivity contribution in [3.05, 3.63) is 35.4 Å². The van der Waals surface area contributed by atoms with Gasteiger partial charge in [-0.3, -0.25) is 0 Å². The normalized spacial score (nSPS) is 11.2. The van der Waals surface area contributed by atoms with Gasteiger partial charge < -0.3 is 15.0 Å². The number of ether oxygens (including phenoxy) is 1. The Kier molecular flexibility index (Phi) is 7.05. The molecule has 1 aromatic rings. The molecule has 0 aromatic heterocycles. The average molecular weight is 317 g/mol. The van der Waals surface area contributed by atoms with Gasteiger partial charge in [-0.05, 0) is 52.3 Å². The van der Waals surface area contributed by atoms with Crippen LogP contribution in [0.4, 0.5) is 4.79 Å². The molecule has 0 aliphatic carbocycles. The van der Waals surface area contributed by atoms with Crippen LogP contribution >= 0.6 is 0 Å². The Hall–Kier alpha value is -2.06. The number of amides is 1. The maximum atomic E-state index is 12.2. The zero-order chi connectivity index (χ0) is 17.5. The van der Waals surface area contributed by atoms with Crippen molar-refractivity contribution in [1.82, 2.24) is 10.2 Å². The lowest BCUT2D eigenvalue weighted by molar-refractivity contribution is 0.0193. The molecule has 23 heavy (non-hydrogen) atoms. The van der Waals surface area contributed by atoms with Crippen LogP contribution in [0.5, 0.6) is 0 Å². The molecule has 0 saturated carbocycles. The molecule has 5 heteroatoms. The highest BCUT2D eigenvalue weighted by Crippen LogP contribution is 2.11. The van der Waals surface area contributed by atoms with E-state index in [4.69, 9.17) is 10.00 Å². The Morgan fingerprint density at radius 2 is 1.91 bits per heavy atom. The topological polar surface area (TPSA) is 65.4 Å². The van der Waals surface area contributed by atoms with Crippen molar-refractivity contribution in [1.29, 1.82) is 5.26 Å². The lowest BCUT2D eigenvalue weighted by Gasteiger charge is -2.30. The summed E-state index contributed by atoms with van der Waals surface area (Å²) in [5.41, 5.74) is 1.28. The van der Waals surface area contributed by atoms with E-state index < -0.39 is 5.60 Å². The number of benzene rings is 1. The molecule has 0 radical (unpaired) electrons. The second-order valence-electron chi connectivity index (χ2n) is 6.75. The first kappa shape index (κ1) is 19.0. The number of nitriles is 1. The molecule has 0 spiro atoms. The van der Waals surface area contributed by atoms with Crippen LogP contribution in [0.2, 0.25) is 0 Å². The number of carbonyl (C=O) groups is 1. The van der Waals surface area contributed by atoms with Gasteiger partial charge >= 0.3 is 6.09 Å². The first-order chi connectivity index (χ1) is 10.7. The van der Waals surface area contributed by atoms with Crippen LogP contribution in [-0.2, 0) is 11.3 Å². The molecule has 1 N–H and O–H groups in total. The molecule has 126 valence electrons. The standard InChI is InChI=1S/C18H27N3O2/c1-14(2)21(17(22)23-18(3,4)5)11-10-20-13-16-8-6-15(12-19)7-9-16/h6-9,14,20H,10-11,13H2,1-5H3. The minimum absolute atomic E-state index is 0.0848. The second kappa shape index (κ2) is 8.54. The molecular weight excluding hydrogens is 290 g/mol. The molecule has 0 fully saturated rings. The fourth-order valence-corrected chi connectivity index (χ4v) is 2.01. The fraction of sp³-hybridized carbons (Fsp3) is 0.556. The molecule has 0 aliphatic rings. The molecule has 0 atom stereocenters. The molecule has 0 bridgehead atoms. The first-order valence-corrected chi connectivity index (χ1v) is 7.92. The van der Waals surface area contributed by atoms with Gasteiger partial charge in [-0.15, -0.1) is 0 Å². The SMILES string of the molecule is CC(C)N(CCNCc1ccc(C#N)cc1)C(=O)OC(C)(C)C. The van der Waals surface area contributed by atoms with Crippen molar-refractivity contribution in [3.63, 3.8) is 0 Å². The third-order valence-corrected chi connectivity index (χ3v) is 3.19. The Morgan fingerprint density at radius 3 is 2.39 bits per heavy atom. The Morgan fingerprint density at radius 1 is 1.30 bits per heavy atom. The van der Waals surface area contributed by atoms with E-state index >= 15 is 0 Å². The van der Waals surface area contributed by atoms with Gasteiger partial charge in [-0.25, -0.2) is 4.79 Å². The van der Waals surface area contributed by atoms with Crippen LogP contribution < -0.4 is 5.32 Å². The second-order valence-corrected chi connectivity index (χ2v) is 6.75. The van der Waals surface area contributed by atoms with E-state index in [0.29, 0.717) is 25.2 Å². The summed E-state index contributed by atoms with van der Waals surface area (Å²) in [5.74, 6) is 0. The molecule has 0 unspecified atom stereocenters. The summed E-state index contributed by atoms with van der Waals surface area (Å²) in [4.78, 5) is 13.9. The number of hydrogen-bond acceptors (Lipinski definition) is 4. The Labute approximate surface area is 139 Å². The fourth-order valence-electron chi connectivity index (χ4n) is 2.01. The predicted molar refractivity (Wildman–Crippen MR) is 90.9 cm³/mol. The van der Waals surface area contributed by atoms with Gasteiger partial charge in [0.05, 0.1) is 11.6 Å². The third-order valence-electron chi connectivity index (χ3n) is 3.19. The molecule has 0 saturated heterocycles. The van der Waals surface area contributed by atoms with E-state index in [1.807, 2.05) is 46.8 Å². The third kappa shape index (κ3) is 7.16. The van der Waals surface area contributed by atoms with Crippen LogP contribution in [0, 0.1) is 11.3 Å². The van der Waals surface area contributed by atoms with Crippen molar-refractivity contribution in [2.75, 3.05) is 13.1 Å². The molecule has 1 amide bonds. The predicted octanol–water partition coefficient (Wildman–Crippen LogP) is 3.29. The van der Waals surface area contributed by atoms with Gasteiger partial charge in [0.25, 0.3) is 0 Å². The Bertz CT molecular complexity index is 539. The zero-order valence-corrected chi connectivity index (χ0v) is 14.7. The quantitative estimate of drug-likeness (QED) is 0.818. The number of nitrogens with one attached hydrogen (secondary N) is 1. The monoisotopic (exact) mass is 317 g/mol. The van der Waals surface area contributed by atoms with Crippen LogP contribution in [0.25, 0.3) is 0 Å². The molecule has 1 rings (SSSR count). The summed E-state index contributed by atoms with van der Waals surface area (Å²) in [5, 5.41) is 12.1. The molecular formula is C18H27N3O2. The number of nitrogens with zero attached hydrogens (tertiary/aromatic N) is 2. The number of rotatable bonds is 6. The van der Waals surface area contributed by atoms with E-state index in [9.17, 15) is 4.79 Å². The van der Waals surface area contributed by atoms with E-state index in [0.717, 1.165) is 5.56 Å². The summed E-state index contributed by atoms with van der Waals surface area (Å²) in [6.07, 6.45) is -0.285. The number of hydrogen-bond donors (Lipinski definition) is 1. The van der Waals surface area contributed by atoms with Crippen molar-refractivity contribution < 1.29 is 9.53 Å².